The Labute approximate surface area is 151 Å². The third kappa shape index (κ3) is 9.02. The molecule has 0 bridgehead atoms. The summed E-state index contributed by atoms with van der Waals surface area (Å²) < 4.78 is 0. The van der Waals surface area contributed by atoms with E-state index in [2.05, 4.69) is 10.6 Å². The molecule has 0 unspecified atom stereocenters. The van der Waals surface area contributed by atoms with Gasteiger partial charge in [0.05, 0.1) is 0 Å². The zero-order valence-corrected chi connectivity index (χ0v) is 17.8. The monoisotopic (exact) mass is 423 g/mol. The summed E-state index contributed by atoms with van der Waals surface area (Å²) in [6.45, 7) is 11.4. The number of carbonyl (C=O) groups is 2. The van der Waals surface area contributed by atoms with Crippen LogP contribution in [0.4, 0.5) is 0 Å². The van der Waals surface area contributed by atoms with Crippen molar-refractivity contribution in [3.63, 3.8) is 0 Å². The molecule has 4 nitrogen and oxygen atoms in total. The Morgan fingerprint density at radius 2 is 1.50 bits per heavy atom. The van der Waals surface area contributed by atoms with Crippen molar-refractivity contribution in [2.45, 2.75) is 52.6 Å². The van der Waals surface area contributed by atoms with E-state index in [-0.39, 0.29) is 22.9 Å². The second-order valence-electron chi connectivity index (χ2n) is 6.83. The Bertz CT molecular complexity index is 460. The SMILES string of the molecule is CC(C)(C)NC(=O)c1ccc[c-]1C(=O)NC(C)(C)C.[Cl][Zr][Cl]. The van der Waals surface area contributed by atoms with Gasteiger partial charge in [0.15, 0.2) is 5.91 Å². The Morgan fingerprint density at radius 3 is 1.91 bits per heavy atom. The van der Waals surface area contributed by atoms with Gasteiger partial charge >= 0.3 is 37.9 Å². The molecule has 0 aliphatic heterocycles. The van der Waals surface area contributed by atoms with Gasteiger partial charge in [0.1, 0.15) is 0 Å². The molecular formula is C15H23Cl2N2O2Zr-. The molecule has 2 N–H and O–H groups in total. The second-order valence-corrected chi connectivity index (χ2v) is 10.6. The van der Waals surface area contributed by atoms with Crippen molar-refractivity contribution < 1.29 is 30.4 Å². The number of nitrogens with one attached hydrogen (secondary N) is 2. The predicted octanol–water partition coefficient (Wildman–Crippen LogP) is 3.84. The molecule has 0 aliphatic carbocycles. The van der Waals surface area contributed by atoms with E-state index in [1.165, 1.54) is 0 Å². The van der Waals surface area contributed by atoms with Gasteiger partial charge in [-0.25, -0.2) is 0 Å². The van der Waals surface area contributed by atoms with Crippen LogP contribution in [-0.2, 0) is 20.8 Å². The molecule has 0 atom stereocenters. The summed E-state index contributed by atoms with van der Waals surface area (Å²) >= 11 is -0.826. The first-order valence-electron chi connectivity index (χ1n) is 6.78. The van der Waals surface area contributed by atoms with E-state index in [0.717, 1.165) is 0 Å². The normalized spacial score (nSPS) is 11.1. The molecule has 1 aromatic rings. The maximum absolute atomic E-state index is 12.1. The zero-order chi connectivity index (χ0) is 17.6. The Morgan fingerprint density at radius 1 is 1.05 bits per heavy atom. The van der Waals surface area contributed by atoms with Gasteiger partial charge in [-0.05, 0) is 47.1 Å². The Kier molecular flexibility index (Phi) is 9.04. The summed E-state index contributed by atoms with van der Waals surface area (Å²) in [5.74, 6) is -0.451. The van der Waals surface area contributed by atoms with Crippen LogP contribution in [0.2, 0.25) is 0 Å². The summed E-state index contributed by atoms with van der Waals surface area (Å²) in [6.07, 6.45) is 0. The zero-order valence-electron chi connectivity index (χ0n) is 13.8. The van der Waals surface area contributed by atoms with Crippen LogP contribution in [0.5, 0.6) is 0 Å². The predicted molar refractivity (Wildman–Crippen MR) is 88.2 cm³/mol. The van der Waals surface area contributed by atoms with Gasteiger partial charge in [0.25, 0.3) is 0 Å². The third-order valence-corrected chi connectivity index (χ3v) is 2.28. The molecule has 1 rings (SSSR count). The summed E-state index contributed by atoms with van der Waals surface area (Å²) in [5, 5.41) is 5.72. The first kappa shape index (κ1) is 21.8. The minimum atomic E-state index is -0.826. The summed E-state index contributed by atoms with van der Waals surface area (Å²) in [6, 6.07) is 5.05. The van der Waals surface area contributed by atoms with Gasteiger partial charge in [-0.3, -0.25) is 4.79 Å². The molecule has 0 aliphatic rings. The van der Waals surface area contributed by atoms with Crippen molar-refractivity contribution in [2.75, 3.05) is 0 Å². The number of hydrogen-bond donors (Lipinski definition) is 2. The van der Waals surface area contributed by atoms with Gasteiger partial charge in [0.2, 0.25) is 5.91 Å². The fourth-order valence-electron chi connectivity index (χ4n) is 1.63. The maximum atomic E-state index is 12.1. The molecular weight excluding hydrogens is 402 g/mol. The van der Waals surface area contributed by atoms with Crippen molar-refractivity contribution in [3.8, 4) is 0 Å². The summed E-state index contributed by atoms with van der Waals surface area (Å²) in [7, 11) is 9.87. The quantitative estimate of drug-likeness (QED) is 0.708. The average molecular weight is 425 g/mol. The summed E-state index contributed by atoms with van der Waals surface area (Å²) in [5.41, 5.74) is 0.173. The molecule has 2 amide bonds. The van der Waals surface area contributed by atoms with Crippen molar-refractivity contribution in [1.82, 2.24) is 10.6 Å². The number of halogens is 2. The number of rotatable bonds is 2. The van der Waals surface area contributed by atoms with Crippen LogP contribution in [-0.4, -0.2) is 22.9 Å². The molecule has 7 heteroatoms. The number of hydrogen-bond acceptors (Lipinski definition) is 2. The van der Waals surface area contributed by atoms with Crippen molar-refractivity contribution >= 4 is 28.8 Å². The molecule has 1 aromatic carbocycles. The molecule has 0 fully saturated rings. The molecule has 22 heavy (non-hydrogen) atoms. The van der Waals surface area contributed by atoms with Gasteiger partial charge < -0.3 is 15.4 Å². The van der Waals surface area contributed by atoms with Crippen LogP contribution in [0, 0.1) is 0 Å². The van der Waals surface area contributed by atoms with Crippen molar-refractivity contribution in [2.24, 2.45) is 0 Å². The molecule has 0 saturated carbocycles. The van der Waals surface area contributed by atoms with Gasteiger partial charge in [-0.2, -0.15) is 12.1 Å². The van der Waals surface area contributed by atoms with Crippen LogP contribution in [0.25, 0.3) is 0 Å². The second kappa shape index (κ2) is 9.15. The van der Waals surface area contributed by atoms with Crippen molar-refractivity contribution in [3.05, 3.63) is 29.3 Å². The van der Waals surface area contributed by atoms with E-state index >= 15 is 0 Å². The fourth-order valence-corrected chi connectivity index (χ4v) is 1.63. The van der Waals surface area contributed by atoms with Gasteiger partial charge in [0, 0.05) is 11.1 Å². The van der Waals surface area contributed by atoms with Crippen molar-refractivity contribution in [1.29, 1.82) is 0 Å². The van der Waals surface area contributed by atoms with E-state index in [0.29, 0.717) is 11.1 Å². The molecule has 0 saturated heterocycles. The third-order valence-electron chi connectivity index (χ3n) is 2.28. The van der Waals surface area contributed by atoms with E-state index in [9.17, 15) is 9.59 Å². The molecule has 124 valence electrons. The van der Waals surface area contributed by atoms with Crippen LogP contribution < -0.4 is 10.6 Å². The first-order chi connectivity index (χ1) is 9.91. The topological polar surface area (TPSA) is 58.2 Å². The minimum absolute atomic E-state index is 0.225. The van der Waals surface area contributed by atoms with Crippen LogP contribution >= 0.6 is 17.0 Å². The Balaban J connectivity index is 0.00000135. The van der Waals surface area contributed by atoms with Gasteiger partial charge in [-0.15, -0.1) is 6.07 Å². The number of carbonyl (C=O) groups excluding carboxylic acids is 2. The van der Waals surface area contributed by atoms with Crippen LogP contribution in [0.1, 0.15) is 62.3 Å². The molecule has 0 radical (unpaired) electrons. The van der Waals surface area contributed by atoms with Crippen LogP contribution in [0.15, 0.2) is 18.2 Å². The van der Waals surface area contributed by atoms with E-state index in [1.807, 2.05) is 41.5 Å². The van der Waals surface area contributed by atoms with Gasteiger partial charge in [-0.1, -0.05) is 5.56 Å². The molecule has 0 aromatic heterocycles. The first-order valence-corrected chi connectivity index (χ1v) is 13.1. The van der Waals surface area contributed by atoms with E-state index in [1.54, 1.807) is 18.2 Å². The molecule has 0 heterocycles. The number of amides is 2. The summed E-state index contributed by atoms with van der Waals surface area (Å²) in [4.78, 5) is 24.2. The Hall–Kier alpha value is -0.247. The fraction of sp³-hybridized carbons (Fsp3) is 0.533. The van der Waals surface area contributed by atoms with Crippen LogP contribution in [0.3, 0.4) is 0 Å². The molecule has 0 spiro atoms. The van der Waals surface area contributed by atoms with E-state index < -0.39 is 20.8 Å². The standard InChI is InChI=1S/C15H23N2O2.2ClH.Zr/c1-14(2,3)16-12(18)10-8-7-9-11(10)13(19)17-15(4,5)6;;;/h7-9H,1-6H3,(H,16,18)(H,17,19);2*1H;/q-1;;;+2/p-2. The van der Waals surface area contributed by atoms with E-state index in [4.69, 9.17) is 17.0 Å². The average Bonchev–Trinajstić information content (AvgIpc) is 2.73.